The molecule has 2 heteroatoms. The standard InChI is InChI=1S/C20H22NO/c1-20(2,3)19(21)14-18(15-8-6-5-7-9-15)16-10-12-17(22-4)13-11-16/h5-14H,1-4H3/b18-14-. The van der Waals surface area contributed by atoms with Crippen LogP contribution in [0, 0.1) is 5.41 Å². The lowest BCUT2D eigenvalue weighted by atomic mass is 9.86. The predicted molar refractivity (Wildman–Crippen MR) is 93.1 cm³/mol. The van der Waals surface area contributed by atoms with Gasteiger partial charge in [0.2, 0.25) is 0 Å². The van der Waals surface area contributed by atoms with Crippen molar-refractivity contribution in [1.82, 2.24) is 5.41 Å². The highest BCUT2D eigenvalue weighted by Crippen LogP contribution is 2.27. The third-order valence-corrected chi connectivity index (χ3v) is 3.54. The summed E-state index contributed by atoms with van der Waals surface area (Å²) < 4.78 is 5.22. The van der Waals surface area contributed by atoms with E-state index in [-0.39, 0.29) is 5.41 Å². The summed E-state index contributed by atoms with van der Waals surface area (Å²) in [5, 5.41) is 10.4. The third kappa shape index (κ3) is 3.85. The minimum Gasteiger partial charge on any atom is -0.497 e. The van der Waals surface area contributed by atoms with Crippen molar-refractivity contribution in [2.45, 2.75) is 20.8 Å². The van der Waals surface area contributed by atoms with Crippen LogP contribution in [0.4, 0.5) is 0 Å². The summed E-state index contributed by atoms with van der Waals surface area (Å²) >= 11 is 0. The van der Waals surface area contributed by atoms with E-state index in [1.807, 2.05) is 81.4 Å². The Hall–Kier alpha value is -2.35. The summed E-state index contributed by atoms with van der Waals surface area (Å²) in [7, 11) is 1.65. The molecule has 0 saturated heterocycles. The second-order valence-electron chi connectivity index (χ2n) is 6.29. The van der Waals surface area contributed by atoms with Crippen LogP contribution in [0.25, 0.3) is 5.57 Å². The van der Waals surface area contributed by atoms with Crippen molar-refractivity contribution in [3.63, 3.8) is 0 Å². The van der Waals surface area contributed by atoms with Crippen LogP contribution in [0.5, 0.6) is 5.75 Å². The Labute approximate surface area is 133 Å². The molecule has 113 valence electrons. The van der Waals surface area contributed by atoms with Gasteiger partial charge < -0.3 is 4.74 Å². The van der Waals surface area contributed by atoms with E-state index in [4.69, 9.17) is 4.74 Å². The van der Waals surface area contributed by atoms with Gasteiger partial charge in [0.15, 0.2) is 0 Å². The van der Waals surface area contributed by atoms with Crippen LogP contribution in [0.2, 0.25) is 0 Å². The monoisotopic (exact) mass is 292 g/mol. The van der Waals surface area contributed by atoms with Gasteiger partial charge in [0.1, 0.15) is 5.75 Å². The van der Waals surface area contributed by atoms with Gasteiger partial charge in [-0.3, -0.25) is 0 Å². The minimum atomic E-state index is -0.285. The Morgan fingerprint density at radius 2 is 1.45 bits per heavy atom. The lowest BCUT2D eigenvalue weighted by molar-refractivity contribution is 0.415. The molecule has 0 bridgehead atoms. The number of hydrogen-bond donors (Lipinski definition) is 0. The maximum atomic E-state index is 10.4. The van der Waals surface area contributed by atoms with Gasteiger partial charge >= 0.3 is 0 Å². The van der Waals surface area contributed by atoms with E-state index in [1.165, 1.54) is 0 Å². The van der Waals surface area contributed by atoms with Crippen molar-refractivity contribution < 1.29 is 4.74 Å². The summed E-state index contributed by atoms with van der Waals surface area (Å²) in [4.78, 5) is 0. The number of hydrogen-bond acceptors (Lipinski definition) is 1. The first-order chi connectivity index (χ1) is 10.4. The number of allylic oxidation sites excluding steroid dienone is 1. The molecule has 0 aliphatic carbocycles. The van der Waals surface area contributed by atoms with E-state index in [9.17, 15) is 5.41 Å². The first kappa shape index (κ1) is 16.0. The van der Waals surface area contributed by atoms with Gasteiger partial charge in [-0.05, 0) is 34.9 Å². The first-order valence-corrected chi connectivity index (χ1v) is 7.40. The van der Waals surface area contributed by atoms with Crippen molar-refractivity contribution in [1.29, 1.82) is 0 Å². The third-order valence-electron chi connectivity index (χ3n) is 3.54. The van der Waals surface area contributed by atoms with Crippen molar-refractivity contribution in [2.24, 2.45) is 5.41 Å². The Bertz CT molecular complexity index is 661. The second-order valence-corrected chi connectivity index (χ2v) is 6.29. The molecule has 0 amide bonds. The van der Waals surface area contributed by atoms with Gasteiger partial charge in [-0.15, -0.1) is 0 Å². The minimum absolute atomic E-state index is 0.285. The van der Waals surface area contributed by atoms with Crippen molar-refractivity contribution in [2.75, 3.05) is 7.11 Å². The number of benzene rings is 2. The fourth-order valence-corrected chi connectivity index (χ4v) is 2.07. The fraction of sp³-hybridized carbons (Fsp3) is 0.250. The van der Waals surface area contributed by atoms with Crippen molar-refractivity contribution in [3.05, 3.63) is 71.8 Å². The Morgan fingerprint density at radius 1 is 0.909 bits per heavy atom. The molecule has 0 saturated carbocycles. The lowest BCUT2D eigenvalue weighted by Gasteiger charge is -2.18. The van der Waals surface area contributed by atoms with E-state index in [2.05, 4.69) is 0 Å². The Morgan fingerprint density at radius 3 is 1.95 bits per heavy atom. The summed E-state index contributed by atoms with van der Waals surface area (Å²) in [6, 6.07) is 18.0. The molecule has 0 atom stereocenters. The van der Waals surface area contributed by atoms with Crippen LogP contribution in [-0.2, 0) is 0 Å². The molecule has 0 aromatic heterocycles. The van der Waals surface area contributed by atoms with Gasteiger partial charge in [0.25, 0.3) is 0 Å². The molecule has 0 aliphatic rings. The summed E-state index contributed by atoms with van der Waals surface area (Å²) in [6.07, 6.45) is 1.86. The molecule has 0 unspecified atom stereocenters. The molecule has 0 aliphatic heterocycles. The molecule has 2 aromatic carbocycles. The highest BCUT2D eigenvalue weighted by molar-refractivity contribution is 6.05. The van der Waals surface area contributed by atoms with Crippen LogP contribution < -0.4 is 10.1 Å². The first-order valence-electron chi connectivity index (χ1n) is 7.40. The van der Waals surface area contributed by atoms with Crippen LogP contribution in [0.3, 0.4) is 0 Å². The Balaban J connectivity index is 2.50. The van der Waals surface area contributed by atoms with Crippen LogP contribution in [-0.4, -0.2) is 12.8 Å². The van der Waals surface area contributed by atoms with E-state index in [1.54, 1.807) is 7.11 Å². The van der Waals surface area contributed by atoms with Crippen LogP contribution in [0.15, 0.2) is 60.7 Å². The molecule has 0 fully saturated rings. The highest BCUT2D eigenvalue weighted by atomic mass is 16.5. The quantitative estimate of drug-likeness (QED) is 0.768. The molecular formula is C20H22NO. The average Bonchev–Trinajstić information content (AvgIpc) is 2.52. The summed E-state index contributed by atoms with van der Waals surface area (Å²) in [5.74, 6) is 0.820. The lowest BCUT2D eigenvalue weighted by Crippen LogP contribution is -2.19. The SMILES string of the molecule is COc1ccc(/C(=C\C(=[N])C(C)(C)C)c2ccccc2)cc1. The number of rotatable bonds is 4. The fourth-order valence-electron chi connectivity index (χ4n) is 2.07. The van der Waals surface area contributed by atoms with Crippen LogP contribution >= 0.6 is 0 Å². The zero-order valence-electron chi connectivity index (χ0n) is 13.6. The van der Waals surface area contributed by atoms with E-state index < -0.39 is 0 Å². The predicted octanol–water partition coefficient (Wildman–Crippen LogP) is 4.41. The maximum absolute atomic E-state index is 10.4. The second kappa shape index (κ2) is 6.61. The molecule has 1 radical (unpaired) electrons. The summed E-state index contributed by atoms with van der Waals surface area (Å²) in [6.45, 7) is 5.99. The van der Waals surface area contributed by atoms with E-state index >= 15 is 0 Å². The average molecular weight is 292 g/mol. The molecule has 2 rings (SSSR count). The molecular weight excluding hydrogens is 270 g/mol. The van der Waals surface area contributed by atoms with E-state index in [0.717, 1.165) is 22.4 Å². The largest absolute Gasteiger partial charge is 0.497 e. The van der Waals surface area contributed by atoms with Gasteiger partial charge in [-0.1, -0.05) is 63.2 Å². The molecule has 2 aromatic rings. The zero-order chi connectivity index (χ0) is 16.2. The van der Waals surface area contributed by atoms with Gasteiger partial charge in [-0.2, -0.15) is 5.41 Å². The Kier molecular flexibility index (Phi) is 4.81. The van der Waals surface area contributed by atoms with Crippen molar-refractivity contribution in [3.8, 4) is 5.75 Å². The summed E-state index contributed by atoms with van der Waals surface area (Å²) in [5.41, 5.74) is 3.19. The number of methoxy groups -OCH3 is 1. The highest BCUT2D eigenvalue weighted by Gasteiger charge is 2.18. The molecule has 22 heavy (non-hydrogen) atoms. The number of ether oxygens (including phenoxy) is 1. The molecule has 0 heterocycles. The number of nitrogens with zero attached hydrogens (tertiary/aromatic N) is 1. The zero-order valence-corrected chi connectivity index (χ0v) is 13.6. The molecule has 0 spiro atoms. The molecule has 2 nitrogen and oxygen atoms in total. The van der Waals surface area contributed by atoms with Crippen molar-refractivity contribution >= 4 is 11.3 Å². The normalized spacial score (nSPS) is 12.1. The van der Waals surface area contributed by atoms with E-state index in [0.29, 0.717) is 5.71 Å². The topological polar surface area (TPSA) is 31.5 Å². The van der Waals surface area contributed by atoms with Gasteiger partial charge in [0, 0.05) is 5.41 Å². The van der Waals surface area contributed by atoms with Gasteiger partial charge in [0.05, 0.1) is 12.8 Å². The molecule has 0 N–H and O–H groups in total. The van der Waals surface area contributed by atoms with Gasteiger partial charge in [-0.25, -0.2) is 0 Å². The van der Waals surface area contributed by atoms with Crippen LogP contribution in [0.1, 0.15) is 31.9 Å². The maximum Gasteiger partial charge on any atom is 0.118 e. The smallest absolute Gasteiger partial charge is 0.118 e.